The number of hydrogen-bond donors (Lipinski definition) is 2. The maximum absolute atomic E-state index is 12.6. The Morgan fingerprint density at radius 1 is 1.33 bits per heavy atom. The van der Waals surface area contributed by atoms with Gasteiger partial charge in [-0.2, -0.15) is 0 Å². The second-order valence-electron chi connectivity index (χ2n) is 8.84. The van der Waals surface area contributed by atoms with Gasteiger partial charge in [0.25, 0.3) is 0 Å². The summed E-state index contributed by atoms with van der Waals surface area (Å²) < 4.78 is 5.74. The van der Waals surface area contributed by atoms with Crippen molar-refractivity contribution in [1.29, 1.82) is 0 Å². The molecule has 4 heteroatoms. The number of benzene rings is 1. The zero-order valence-corrected chi connectivity index (χ0v) is 16.5. The summed E-state index contributed by atoms with van der Waals surface area (Å²) in [7, 11) is 0. The van der Waals surface area contributed by atoms with Crippen molar-refractivity contribution >= 4 is 5.97 Å². The molecule has 1 aromatic carbocycles. The zero-order chi connectivity index (χ0) is 19.2. The predicted octanol–water partition coefficient (Wildman–Crippen LogP) is 3.62. The number of carbonyl (C=O) groups is 1. The summed E-state index contributed by atoms with van der Waals surface area (Å²) >= 11 is 0. The van der Waals surface area contributed by atoms with E-state index in [9.17, 15) is 9.90 Å². The van der Waals surface area contributed by atoms with E-state index in [4.69, 9.17) is 4.74 Å². The minimum atomic E-state index is -0.539. The molecule has 0 radical (unpaired) electrons. The van der Waals surface area contributed by atoms with E-state index in [2.05, 4.69) is 44.3 Å². The number of rotatable bonds is 4. The van der Waals surface area contributed by atoms with Crippen molar-refractivity contribution in [2.75, 3.05) is 6.54 Å². The fourth-order valence-electron chi connectivity index (χ4n) is 5.46. The van der Waals surface area contributed by atoms with E-state index in [0.29, 0.717) is 12.5 Å². The average Bonchev–Trinajstić information content (AvgIpc) is 2.98. The van der Waals surface area contributed by atoms with E-state index in [-0.39, 0.29) is 35.4 Å². The van der Waals surface area contributed by atoms with E-state index in [0.717, 1.165) is 19.3 Å². The lowest BCUT2D eigenvalue weighted by Gasteiger charge is -2.51. The SMILES string of the molecule is C[C@H](NC[C@H]1C(=O)O[C@@H]2CC3=CCC[C@H](C)[C@@]3(C)[C@H](O)[C@@H]21)c1ccccc1. The first-order valence-corrected chi connectivity index (χ1v) is 10.3. The lowest BCUT2D eigenvalue weighted by molar-refractivity contribution is -0.144. The van der Waals surface area contributed by atoms with E-state index in [1.54, 1.807) is 0 Å². The molecule has 1 saturated carbocycles. The Balaban J connectivity index is 1.52. The highest BCUT2D eigenvalue weighted by Crippen LogP contribution is 2.55. The summed E-state index contributed by atoms with van der Waals surface area (Å²) in [4.78, 5) is 12.6. The van der Waals surface area contributed by atoms with E-state index >= 15 is 0 Å². The van der Waals surface area contributed by atoms with Crippen molar-refractivity contribution in [3.63, 3.8) is 0 Å². The molecule has 0 unspecified atom stereocenters. The fraction of sp³-hybridized carbons (Fsp3) is 0.609. The van der Waals surface area contributed by atoms with E-state index in [1.807, 2.05) is 18.2 Å². The molecule has 1 aliphatic heterocycles. The second-order valence-corrected chi connectivity index (χ2v) is 8.84. The van der Waals surface area contributed by atoms with Crippen LogP contribution in [0.4, 0.5) is 0 Å². The summed E-state index contributed by atoms with van der Waals surface area (Å²) in [6.45, 7) is 7.06. The maximum atomic E-state index is 12.6. The van der Waals surface area contributed by atoms with Crippen molar-refractivity contribution in [3.8, 4) is 0 Å². The highest BCUT2D eigenvalue weighted by atomic mass is 16.6. The van der Waals surface area contributed by atoms with Gasteiger partial charge in [-0.1, -0.05) is 55.8 Å². The summed E-state index contributed by atoms with van der Waals surface area (Å²) in [5.41, 5.74) is 2.24. The van der Waals surface area contributed by atoms with Crippen LogP contribution in [0.15, 0.2) is 42.0 Å². The first-order valence-electron chi connectivity index (χ1n) is 10.3. The van der Waals surface area contributed by atoms with E-state index in [1.165, 1.54) is 11.1 Å². The number of aliphatic hydroxyl groups is 1. The topological polar surface area (TPSA) is 58.6 Å². The smallest absolute Gasteiger partial charge is 0.311 e. The van der Waals surface area contributed by atoms with Crippen molar-refractivity contribution in [1.82, 2.24) is 5.32 Å². The van der Waals surface area contributed by atoms with Crippen molar-refractivity contribution in [2.45, 2.75) is 58.3 Å². The highest BCUT2D eigenvalue weighted by Gasteiger charge is 2.59. The second kappa shape index (κ2) is 7.06. The molecule has 0 bridgehead atoms. The summed E-state index contributed by atoms with van der Waals surface area (Å²) in [5, 5.41) is 14.9. The first-order chi connectivity index (χ1) is 12.9. The van der Waals surface area contributed by atoms with Crippen LogP contribution in [0.2, 0.25) is 0 Å². The third-order valence-electron chi connectivity index (χ3n) is 7.51. The Bertz CT molecular complexity index is 730. The number of carbonyl (C=O) groups excluding carboxylic acids is 1. The van der Waals surface area contributed by atoms with Gasteiger partial charge >= 0.3 is 5.97 Å². The number of aliphatic hydroxyl groups excluding tert-OH is 1. The maximum Gasteiger partial charge on any atom is 0.311 e. The quantitative estimate of drug-likeness (QED) is 0.629. The lowest BCUT2D eigenvalue weighted by Crippen LogP contribution is -2.54. The van der Waals surface area contributed by atoms with Gasteiger partial charge in [-0.25, -0.2) is 0 Å². The number of allylic oxidation sites excluding steroid dienone is 1. The Hall–Kier alpha value is -1.65. The molecule has 27 heavy (non-hydrogen) atoms. The molecule has 1 aromatic rings. The fourth-order valence-corrected chi connectivity index (χ4v) is 5.46. The summed E-state index contributed by atoms with van der Waals surface area (Å²) in [6.07, 6.45) is 4.48. The van der Waals surface area contributed by atoms with Crippen LogP contribution in [0, 0.1) is 23.2 Å². The van der Waals surface area contributed by atoms with Crippen LogP contribution in [-0.2, 0) is 9.53 Å². The molecule has 0 spiro atoms. The van der Waals surface area contributed by atoms with Crippen molar-refractivity contribution in [2.24, 2.45) is 23.2 Å². The Morgan fingerprint density at radius 2 is 2.07 bits per heavy atom. The Kier molecular flexibility index (Phi) is 4.89. The van der Waals surface area contributed by atoms with Crippen LogP contribution in [-0.4, -0.2) is 29.8 Å². The largest absolute Gasteiger partial charge is 0.461 e. The molecule has 2 N–H and O–H groups in total. The van der Waals surface area contributed by atoms with Gasteiger partial charge in [0.05, 0.1) is 12.0 Å². The number of esters is 1. The lowest BCUT2D eigenvalue weighted by atomic mass is 9.55. The van der Waals surface area contributed by atoms with Gasteiger partial charge in [0, 0.05) is 30.3 Å². The summed E-state index contributed by atoms with van der Waals surface area (Å²) in [5.74, 6) is -0.160. The third-order valence-corrected chi connectivity index (χ3v) is 7.51. The molecule has 1 saturated heterocycles. The van der Waals surface area contributed by atoms with Gasteiger partial charge in [-0.3, -0.25) is 4.79 Å². The van der Waals surface area contributed by atoms with Crippen LogP contribution in [0.3, 0.4) is 0 Å². The van der Waals surface area contributed by atoms with Gasteiger partial charge in [-0.05, 0) is 31.2 Å². The number of ether oxygens (including phenoxy) is 1. The molecule has 2 fully saturated rings. The predicted molar refractivity (Wildman–Crippen MR) is 105 cm³/mol. The Morgan fingerprint density at radius 3 is 2.81 bits per heavy atom. The molecule has 7 atom stereocenters. The molecule has 2 aliphatic carbocycles. The van der Waals surface area contributed by atoms with Crippen LogP contribution in [0.25, 0.3) is 0 Å². The van der Waals surface area contributed by atoms with Gasteiger partial charge in [0.2, 0.25) is 0 Å². The number of fused-ring (bicyclic) bond motifs is 2. The minimum absolute atomic E-state index is 0.129. The first kappa shape index (κ1) is 18.7. The molecule has 3 aliphatic rings. The average molecular weight is 370 g/mol. The van der Waals surface area contributed by atoms with E-state index < -0.39 is 6.10 Å². The molecule has 0 amide bonds. The standard InChI is InChI=1S/C23H31NO3/c1-14-8-7-11-17-12-19-20(21(25)23(14,17)3)18(22(26)27-19)13-24-15(2)16-9-5-4-6-10-16/h4-6,9-11,14-15,18-21,24-25H,7-8,12-13H2,1-3H3/t14-,15-,18+,19+,20+,21+,23+/m0/s1. The number of hydrogen-bond acceptors (Lipinski definition) is 4. The van der Waals surface area contributed by atoms with Crippen LogP contribution < -0.4 is 5.32 Å². The van der Waals surface area contributed by atoms with Gasteiger partial charge in [-0.15, -0.1) is 0 Å². The van der Waals surface area contributed by atoms with Gasteiger partial charge < -0.3 is 15.2 Å². The van der Waals surface area contributed by atoms with Crippen LogP contribution >= 0.6 is 0 Å². The minimum Gasteiger partial charge on any atom is -0.461 e. The molecular weight excluding hydrogens is 338 g/mol. The molecular formula is C23H31NO3. The van der Waals surface area contributed by atoms with Gasteiger partial charge in [0.1, 0.15) is 6.10 Å². The van der Waals surface area contributed by atoms with Gasteiger partial charge in [0.15, 0.2) is 0 Å². The molecule has 4 rings (SSSR count). The molecule has 1 heterocycles. The highest BCUT2D eigenvalue weighted by molar-refractivity contribution is 5.76. The monoisotopic (exact) mass is 369 g/mol. The zero-order valence-electron chi connectivity index (χ0n) is 16.5. The molecule has 4 nitrogen and oxygen atoms in total. The summed E-state index contributed by atoms with van der Waals surface area (Å²) in [6, 6.07) is 10.4. The Labute approximate surface area is 162 Å². The van der Waals surface area contributed by atoms with Crippen LogP contribution in [0.5, 0.6) is 0 Å². The normalized spacial score (nSPS) is 39.2. The third kappa shape index (κ3) is 3.03. The van der Waals surface area contributed by atoms with Crippen molar-refractivity contribution < 1.29 is 14.6 Å². The number of nitrogens with one attached hydrogen (secondary N) is 1. The molecule has 0 aromatic heterocycles. The molecule has 146 valence electrons. The van der Waals surface area contributed by atoms with Crippen LogP contribution in [0.1, 0.15) is 51.6 Å². The van der Waals surface area contributed by atoms with Crippen molar-refractivity contribution in [3.05, 3.63) is 47.5 Å².